The van der Waals surface area contributed by atoms with Crippen molar-refractivity contribution in [2.45, 2.75) is 6.61 Å². The number of methoxy groups -OCH3 is 1. The molecule has 0 spiro atoms. The summed E-state index contributed by atoms with van der Waals surface area (Å²) in [5.74, 6) is -3.61. The molecule has 9 heteroatoms. The molecule has 0 aliphatic heterocycles. The first kappa shape index (κ1) is 19.4. The molecule has 2 aromatic carbocycles. The second-order valence-corrected chi connectivity index (χ2v) is 5.23. The van der Waals surface area contributed by atoms with E-state index in [2.05, 4.69) is 0 Å². The van der Waals surface area contributed by atoms with Gasteiger partial charge in [0, 0.05) is 0 Å². The van der Waals surface area contributed by atoms with E-state index >= 15 is 0 Å². The van der Waals surface area contributed by atoms with E-state index in [0.29, 0.717) is 6.08 Å². The van der Waals surface area contributed by atoms with Crippen molar-refractivity contribution in [3.05, 3.63) is 69.3 Å². The predicted octanol–water partition coefficient (Wildman–Crippen LogP) is 2.74. The monoisotopic (exact) mass is 373 g/mol. The van der Waals surface area contributed by atoms with Gasteiger partial charge in [0.15, 0.2) is 5.75 Å². The Labute approximate surface area is 153 Å². The zero-order valence-corrected chi connectivity index (χ0v) is 14.1. The van der Waals surface area contributed by atoms with Gasteiger partial charge in [-0.2, -0.15) is 0 Å². The number of carboxylic acids is 2. The molecule has 0 aromatic heterocycles. The Morgan fingerprint density at radius 1 is 1.11 bits per heavy atom. The topological polar surface area (TPSA) is 136 Å². The Kier molecular flexibility index (Phi) is 6.10. The van der Waals surface area contributed by atoms with Gasteiger partial charge >= 0.3 is 17.6 Å². The first-order valence-corrected chi connectivity index (χ1v) is 7.55. The fourth-order valence-electron chi connectivity index (χ4n) is 2.29. The van der Waals surface area contributed by atoms with E-state index in [1.165, 1.54) is 19.2 Å². The standard InChI is InChI=1S/C18H15NO8/c1-26-16-14(27-10-11-5-3-2-4-6-11)8-7-12(15(16)19(24)25)9-13(17(20)21)18(22)23/h2-9H,10H2,1H3,(H,20,21)(H,22,23). The molecule has 0 atom stereocenters. The minimum atomic E-state index is -1.72. The molecule has 0 amide bonds. The summed E-state index contributed by atoms with van der Waals surface area (Å²) in [5.41, 5.74) is -1.02. The predicted molar refractivity (Wildman–Crippen MR) is 93.7 cm³/mol. The second-order valence-electron chi connectivity index (χ2n) is 5.23. The van der Waals surface area contributed by atoms with E-state index in [1.807, 2.05) is 30.3 Å². The number of nitrogens with zero attached hydrogens (tertiary/aromatic N) is 1. The maximum Gasteiger partial charge on any atom is 0.343 e. The van der Waals surface area contributed by atoms with Crippen LogP contribution in [-0.4, -0.2) is 34.2 Å². The molecule has 2 N–H and O–H groups in total. The largest absolute Gasteiger partial charge is 0.488 e. The molecule has 0 aliphatic rings. The van der Waals surface area contributed by atoms with Gasteiger partial charge < -0.3 is 19.7 Å². The average molecular weight is 373 g/mol. The summed E-state index contributed by atoms with van der Waals surface area (Å²) in [6.07, 6.45) is 0.701. The van der Waals surface area contributed by atoms with Crippen LogP contribution in [0.5, 0.6) is 11.5 Å². The lowest BCUT2D eigenvalue weighted by Gasteiger charge is -2.12. The van der Waals surface area contributed by atoms with Gasteiger partial charge in [0.05, 0.1) is 17.6 Å². The molecule has 0 bridgehead atoms. The van der Waals surface area contributed by atoms with Crippen molar-refractivity contribution in [1.29, 1.82) is 0 Å². The Morgan fingerprint density at radius 2 is 1.74 bits per heavy atom. The van der Waals surface area contributed by atoms with Gasteiger partial charge in [-0.1, -0.05) is 30.3 Å². The van der Waals surface area contributed by atoms with E-state index in [0.717, 1.165) is 5.56 Å². The molecular weight excluding hydrogens is 358 g/mol. The minimum Gasteiger partial charge on any atom is -0.488 e. The highest BCUT2D eigenvalue weighted by Crippen LogP contribution is 2.40. The number of nitro benzene ring substituents is 1. The summed E-state index contributed by atoms with van der Waals surface area (Å²) in [7, 11) is 1.19. The van der Waals surface area contributed by atoms with E-state index in [4.69, 9.17) is 19.7 Å². The zero-order chi connectivity index (χ0) is 20.0. The van der Waals surface area contributed by atoms with Crippen LogP contribution in [0.25, 0.3) is 6.08 Å². The van der Waals surface area contributed by atoms with Gasteiger partial charge in [-0.25, -0.2) is 9.59 Å². The summed E-state index contributed by atoms with van der Waals surface area (Å²) in [4.78, 5) is 32.8. The maximum atomic E-state index is 11.5. The van der Waals surface area contributed by atoms with Gasteiger partial charge in [0.25, 0.3) is 0 Å². The highest BCUT2D eigenvalue weighted by molar-refractivity contribution is 6.16. The summed E-state index contributed by atoms with van der Waals surface area (Å²) in [6, 6.07) is 11.6. The lowest BCUT2D eigenvalue weighted by atomic mass is 10.1. The van der Waals surface area contributed by atoms with Crippen LogP contribution in [-0.2, 0) is 16.2 Å². The molecule has 0 fully saturated rings. The molecule has 2 rings (SSSR count). The number of rotatable bonds is 8. The number of benzene rings is 2. The second kappa shape index (κ2) is 8.48. The Bertz CT molecular complexity index is 889. The van der Waals surface area contributed by atoms with Crippen LogP contribution < -0.4 is 9.47 Å². The van der Waals surface area contributed by atoms with E-state index in [-0.39, 0.29) is 23.7 Å². The van der Waals surface area contributed by atoms with Crippen molar-refractivity contribution in [1.82, 2.24) is 0 Å². The fraction of sp³-hybridized carbons (Fsp3) is 0.111. The van der Waals surface area contributed by atoms with Crippen molar-refractivity contribution in [2.24, 2.45) is 0 Å². The van der Waals surface area contributed by atoms with Crippen LogP contribution in [0.1, 0.15) is 11.1 Å². The molecule has 27 heavy (non-hydrogen) atoms. The van der Waals surface area contributed by atoms with Crippen molar-refractivity contribution < 1.29 is 34.2 Å². The maximum absolute atomic E-state index is 11.5. The molecule has 0 aliphatic carbocycles. The third kappa shape index (κ3) is 4.60. The van der Waals surface area contributed by atoms with Crippen molar-refractivity contribution >= 4 is 23.7 Å². The van der Waals surface area contributed by atoms with Gasteiger partial charge in [0.2, 0.25) is 5.75 Å². The minimum absolute atomic E-state index is 0.0670. The molecule has 140 valence electrons. The summed E-state index contributed by atoms with van der Waals surface area (Å²) in [5, 5.41) is 29.4. The van der Waals surface area contributed by atoms with Gasteiger partial charge in [-0.3, -0.25) is 10.1 Å². The fourth-order valence-corrected chi connectivity index (χ4v) is 2.29. The molecule has 0 saturated carbocycles. The molecule has 0 heterocycles. The highest BCUT2D eigenvalue weighted by Gasteiger charge is 2.27. The van der Waals surface area contributed by atoms with Crippen molar-refractivity contribution in [3.8, 4) is 11.5 Å². The third-order valence-electron chi connectivity index (χ3n) is 3.51. The number of hydrogen-bond acceptors (Lipinski definition) is 6. The Morgan fingerprint density at radius 3 is 2.26 bits per heavy atom. The number of nitro groups is 1. The highest BCUT2D eigenvalue weighted by atomic mass is 16.6. The lowest BCUT2D eigenvalue weighted by molar-refractivity contribution is -0.386. The van der Waals surface area contributed by atoms with Crippen LogP contribution in [0.4, 0.5) is 5.69 Å². The summed E-state index contributed by atoms with van der Waals surface area (Å²) < 4.78 is 10.7. The molecule has 0 radical (unpaired) electrons. The van der Waals surface area contributed by atoms with Gasteiger partial charge in [0.1, 0.15) is 12.2 Å². The van der Waals surface area contributed by atoms with E-state index < -0.39 is 28.1 Å². The first-order chi connectivity index (χ1) is 12.8. The number of carbonyl (C=O) groups is 2. The number of hydrogen-bond donors (Lipinski definition) is 2. The number of aliphatic carboxylic acids is 2. The Hall–Kier alpha value is -3.88. The molecule has 0 saturated heterocycles. The number of ether oxygens (including phenoxy) is 2. The lowest BCUT2D eigenvalue weighted by Crippen LogP contribution is -2.11. The van der Waals surface area contributed by atoms with Crippen molar-refractivity contribution in [3.63, 3.8) is 0 Å². The normalized spacial score (nSPS) is 9.96. The summed E-state index contributed by atoms with van der Waals surface area (Å²) >= 11 is 0. The van der Waals surface area contributed by atoms with Crippen molar-refractivity contribution in [2.75, 3.05) is 7.11 Å². The number of carboxylic acid groups (broad SMARTS) is 2. The molecule has 9 nitrogen and oxygen atoms in total. The van der Waals surface area contributed by atoms with E-state index in [9.17, 15) is 19.7 Å². The van der Waals surface area contributed by atoms with Crippen LogP contribution in [0, 0.1) is 10.1 Å². The van der Waals surface area contributed by atoms with Crippen LogP contribution in [0.15, 0.2) is 48.0 Å². The smallest absolute Gasteiger partial charge is 0.343 e. The van der Waals surface area contributed by atoms with Crippen LogP contribution >= 0.6 is 0 Å². The SMILES string of the molecule is COc1c(OCc2ccccc2)ccc(C=C(C(=O)O)C(=O)O)c1[N+](=O)[O-]. The zero-order valence-electron chi connectivity index (χ0n) is 14.1. The summed E-state index contributed by atoms with van der Waals surface area (Å²) in [6.45, 7) is 0.124. The van der Waals surface area contributed by atoms with Crippen LogP contribution in [0.3, 0.4) is 0 Å². The average Bonchev–Trinajstić information content (AvgIpc) is 2.64. The Balaban J connectivity index is 2.49. The van der Waals surface area contributed by atoms with Crippen LogP contribution in [0.2, 0.25) is 0 Å². The molecular formula is C18H15NO8. The van der Waals surface area contributed by atoms with Gasteiger partial charge in [-0.15, -0.1) is 0 Å². The molecule has 0 unspecified atom stereocenters. The van der Waals surface area contributed by atoms with Gasteiger partial charge in [-0.05, 0) is 23.8 Å². The quantitative estimate of drug-likeness (QED) is 0.237. The van der Waals surface area contributed by atoms with E-state index in [1.54, 1.807) is 0 Å². The molecule has 2 aromatic rings. The third-order valence-corrected chi connectivity index (χ3v) is 3.51. The first-order valence-electron chi connectivity index (χ1n) is 7.55.